The highest BCUT2D eigenvalue weighted by Crippen LogP contribution is 2.41. The van der Waals surface area contributed by atoms with E-state index in [0.717, 1.165) is 19.5 Å². The van der Waals surface area contributed by atoms with E-state index in [1.54, 1.807) is 0 Å². The smallest absolute Gasteiger partial charge is 0.0789 e. The topological polar surface area (TPSA) is 24.5 Å². The molecule has 0 aliphatic carbocycles. The fourth-order valence-electron chi connectivity index (χ4n) is 3.76. The molecule has 0 bridgehead atoms. The Morgan fingerprint density at radius 1 is 1.06 bits per heavy atom. The summed E-state index contributed by atoms with van der Waals surface area (Å²) in [5.41, 5.74) is -0.0260. The van der Waals surface area contributed by atoms with E-state index < -0.39 is 0 Å². The molecule has 2 heterocycles. The minimum absolute atomic E-state index is 0.0124. The summed E-state index contributed by atoms with van der Waals surface area (Å²) in [6.45, 7) is 15.8. The van der Waals surface area contributed by atoms with Gasteiger partial charge in [-0.25, -0.2) is 0 Å². The van der Waals surface area contributed by atoms with E-state index >= 15 is 0 Å². The summed E-state index contributed by atoms with van der Waals surface area (Å²) in [6.07, 6.45) is 1.13. The van der Waals surface area contributed by atoms with Crippen LogP contribution in [0.15, 0.2) is 0 Å². The van der Waals surface area contributed by atoms with Gasteiger partial charge in [0.25, 0.3) is 0 Å². The van der Waals surface area contributed by atoms with E-state index in [2.05, 4.69) is 51.8 Å². The van der Waals surface area contributed by atoms with Crippen molar-refractivity contribution in [3.05, 3.63) is 0 Å². The van der Waals surface area contributed by atoms with Crippen molar-refractivity contribution >= 4 is 0 Å². The van der Waals surface area contributed by atoms with E-state index in [1.807, 2.05) is 0 Å². The molecule has 3 nitrogen and oxygen atoms in total. The zero-order valence-corrected chi connectivity index (χ0v) is 12.2. The summed E-state index contributed by atoms with van der Waals surface area (Å²) in [6, 6.07) is 1.73. The van der Waals surface area contributed by atoms with Gasteiger partial charge in [-0.15, -0.1) is 0 Å². The molecule has 0 radical (unpaired) electrons. The Labute approximate surface area is 106 Å². The van der Waals surface area contributed by atoms with Gasteiger partial charge in [0.05, 0.1) is 11.2 Å². The molecule has 2 aliphatic heterocycles. The molecule has 3 unspecified atom stereocenters. The predicted octanol–water partition coefficient (Wildman–Crippen LogP) is 2.01. The standard InChI is InChI=1S/C14H28N2O/c1-10-8-15-9-11(2)16(10)12-7-13(3,4)17-14(12,5)6/h10-12,15H,7-9H2,1-6H3. The maximum Gasteiger partial charge on any atom is 0.0789 e. The second-order valence-electron chi connectivity index (χ2n) is 6.99. The van der Waals surface area contributed by atoms with Crippen LogP contribution < -0.4 is 5.32 Å². The van der Waals surface area contributed by atoms with Gasteiger partial charge in [-0.2, -0.15) is 0 Å². The molecular formula is C14H28N2O. The zero-order valence-electron chi connectivity index (χ0n) is 12.2. The number of hydrogen-bond acceptors (Lipinski definition) is 3. The molecule has 2 fully saturated rings. The third-order valence-electron chi connectivity index (χ3n) is 4.28. The number of nitrogens with one attached hydrogen (secondary N) is 1. The van der Waals surface area contributed by atoms with Crippen LogP contribution in [0.25, 0.3) is 0 Å². The molecular weight excluding hydrogens is 212 g/mol. The van der Waals surface area contributed by atoms with Crippen molar-refractivity contribution in [2.24, 2.45) is 0 Å². The van der Waals surface area contributed by atoms with Crippen LogP contribution in [0.4, 0.5) is 0 Å². The lowest BCUT2D eigenvalue weighted by atomic mass is 9.90. The Bertz CT molecular complexity index is 278. The van der Waals surface area contributed by atoms with Crippen molar-refractivity contribution in [3.8, 4) is 0 Å². The molecule has 17 heavy (non-hydrogen) atoms. The summed E-state index contributed by atoms with van der Waals surface area (Å²) in [5, 5.41) is 3.50. The normalized spacial score (nSPS) is 41.6. The molecule has 100 valence electrons. The van der Waals surface area contributed by atoms with Gasteiger partial charge in [0.2, 0.25) is 0 Å². The lowest BCUT2D eigenvalue weighted by molar-refractivity contribution is -0.0900. The van der Waals surface area contributed by atoms with Gasteiger partial charge in [-0.3, -0.25) is 4.90 Å². The first-order valence-electron chi connectivity index (χ1n) is 6.91. The first kappa shape index (κ1) is 13.3. The van der Waals surface area contributed by atoms with Crippen molar-refractivity contribution in [3.63, 3.8) is 0 Å². The molecule has 0 spiro atoms. The molecule has 2 rings (SSSR count). The zero-order chi connectivity index (χ0) is 12.8. The number of ether oxygens (including phenoxy) is 1. The SMILES string of the molecule is CC1CNCC(C)N1C1CC(C)(C)OC1(C)C. The largest absolute Gasteiger partial charge is 0.368 e. The van der Waals surface area contributed by atoms with Crippen LogP contribution in [0.5, 0.6) is 0 Å². The van der Waals surface area contributed by atoms with Gasteiger partial charge in [0.15, 0.2) is 0 Å². The van der Waals surface area contributed by atoms with E-state index in [-0.39, 0.29) is 11.2 Å². The first-order valence-corrected chi connectivity index (χ1v) is 6.91. The van der Waals surface area contributed by atoms with Crippen LogP contribution in [0.3, 0.4) is 0 Å². The molecule has 0 amide bonds. The maximum absolute atomic E-state index is 6.24. The number of nitrogens with zero attached hydrogens (tertiary/aromatic N) is 1. The minimum atomic E-state index is -0.0383. The second kappa shape index (κ2) is 4.22. The van der Waals surface area contributed by atoms with Gasteiger partial charge >= 0.3 is 0 Å². The first-order chi connectivity index (χ1) is 7.73. The minimum Gasteiger partial charge on any atom is -0.368 e. The van der Waals surface area contributed by atoms with Crippen LogP contribution in [0.2, 0.25) is 0 Å². The van der Waals surface area contributed by atoms with Crippen molar-refractivity contribution in [1.82, 2.24) is 10.2 Å². The number of hydrogen-bond donors (Lipinski definition) is 1. The number of rotatable bonds is 1. The van der Waals surface area contributed by atoms with Crippen LogP contribution in [0, 0.1) is 0 Å². The maximum atomic E-state index is 6.24. The Hall–Kier alpha value is -0.120. The van der Waals surface area contributed by atoms with Gasteiger partial charge in [-0.05, 0) is 48.0 Å². The van der Waals surface area contributed by atoms with Crippen LogP contribution in [0.1, 0.15) is 48.0 Å². The number of piperazine rings is 1. The van der Waals surface area contributed by atoms with Crippen molar-refractivity contribution in [2.75, 3.05) is 13.1 Å². The molecule has 3 heteroatoms. The Balaban J connectivity index is 2.20. The fourth-order valence-corrected chi connectivity index (χ4v) is 3.76. The highest BCUT2D eigenvalue weighted by atomic mass is 16.5. The Morgan fingerprint density at radius 3 is 2.00 bits per heavy atom. The van der Waals surface area contributed by atoms with Crippen LogP contribution in [-0.4, -0.2) is 47.3 Å². The molecule has 1 N–H and O–H groups in total. The Morgan fingerprint density at radius 2 is 1.59 bits per heavy atom. The molecule has 0 saturated carbocycles. The van der Waals surface area contributed by atoms with E-state index in [0.29, 0.717) is 18.1 Å². The molecule has 2 aliphatic rings. The molecule has 0 aromatic heterocycles. The quantitative estimate of drug-likeness (QED) is 0.759. The lowest BCUT2D eigenvalue weighted by Crippen LogP contribution is -2.62. The average molecular weight is 240 g/mol. The summed E-state index contributed by atoms with van der Waals surface area (Å²) < 4.78 is 6.24. The second-order valence-corrected chi connectivity index (χ2v) is 6.99. The van der Waals surface area contributed by atoms with E-state index in [9.17, 15) is 0 Å². The average Bonchev–Trinajstić information content (AvgIpc) is 2.34. The van der Waals surface area contributed by atoms with Crippen molar-refractivity contribution < 1.29 is 4.74 Å². The highest BCUT2D eigenvalue weighted by molar-refractivity contribution is 5.03. The van der Waals surface area contributed by atoms with E-state index in [1.165, 1.54) is 0 Å². The lowest BCUT2D eigenvalue weighted by Gasteiger charge is -2.46. The monoisotopic (exact) mass is 240 g/mol. The summed E-state index contributed by atoms with van der Waals surface area (Å²) >= 11 is 0. The van der Waals surface area contributed by atoms with Crippen LogP contribution in [-0.2, 0) is 4.74 Å². The highest BCUT2D eigenvalue weighted by Gasteiger charge is 2.50. The van der Waals surface area contributed by atoms with Gasteiger partial charge in [-0.1, -0.05) is 0 Å². The summed E-state index contributed by atoms with van der Waals surface area (Å²) in [4.78, 5) is 2.67. The van der Waals surface area contributed by atoms with Crippen molar-refractivity contribution in [2.45, 2.75) is 77.3 Å². The summed E-state index contributed by atoms with van der Waals surface area (Å²) in [7, 11) is 0. The molecule has 3 atom stereocenters. The van der Waals surface area contributed by atoms with Crippen LogP contribution >= 0.6 is 0 Å². The molecule has 0 aromatic carbocycles. The predicted molar refractivity (Wildman–Crippen MR) is 71.3 cm³/mol. The third kappa shape index (κ3) is 2.51. The van der Waals surface area contributed by atoms with Crippen molar-refractivity contribution in [1.29, 1.82) is 0 Å². The Kier molecular flexibility index (Phi) is 3.30. The van der Waals surface area contributed by atoms with E-state index in [4.69, 9.17) is 4.74 Å². The third-order valence-corrected chi connectivity index (χ3v) is 4.28. The van der Waals surface area contributed by atoms with Gasteiger partial charge in [0, 0.05) is 31.2 Å². The van der Waals surface area contributed by atoms with Gasteiger partial charge in [0.1, 0.15) is 0 Å². The van der Waals surface area contributed by atoms with Gasteiger partial charge < -0.3 is 10.1 Å². The molecule has 0 aromatic rings. The molecule has 2 saturated heterocycles. The fraction of sp³-hybridized carbons (Fsp3) is 1.00. The summed E-state index contributed by atoms with van der Waals surface area (Å²) in [5.74, 6) is 0.